The lowest BCUT2D eigenvalue weighted by Gasteiger charge is -2.19. The van der Waals surface area contributed by atoms with Gasteiger partial charge in [-0.1, -0.05) is 48.5 Å². The number of hydrogen-bond donors (Lipinski definition) is 0. The Morgan fingerprint density at radius 3 is 0.976 bits per heavy atom. The zero-order chi connectivity index (χ0) is 30.3. The van der Waals surface area contributed by atoms with Crippen LogP contribution in [0.25, 0.3) is 11.1 Å². The molecule has 0 heterocycles. The molecule has 42 heavy (non-hydrogen) atoms. The molecular formula is C30H28O8S4. The summed E-state index contributed by atoms with van der Waals surface area (Å²) in [6, 6.07) is 28.7. The molecule has 0 bridgehead atoms. The van der Waals surface area contributed by atoms with Crippen LogP contribution in [0.1, 0.15) is 22.3 Å². The van der Waals surface area contributed by atoms with Gasteiger partial charge in [0.15, 0.2) is 19.7 Å². The molecule has 0 aliphatic heterocycles. The van der Waals surface area contributed by atoms with Crippen molar-refractivity contribution in [1.82, 2.24) is 0 Å². The van der Waals surface area contributed by atoms with E-state index in [9.17, 15) is 16.8 Å². The number of sulfone groups is 2. The maximum Gasteiger partial charge on any atom is 0.175 e. The molecule has 0 spiro atoms. The van der Waals surface area contributed by atoms with Gasteiger partial charge in [-0.05, 0) is 81.9 Å². The number of benzene rings is 4. The molecule has 4 rings (SSSR count). The van der Waals surface area contributed by atoms with E-state index in [0.29, 0.717) is 0 Å². The van der Waals surface area contributed by atoms with E-state index in [1.54, 1.807) is 48.5 Å². The van der Waals surface area contributed by atoms with Gasteiger partial charge in [0.25, 0.3) is 0 Å². The summed E-state index contributed by atoms with van der Waals surface area (Å²) in [5.41, 5.74) is 4.82. The van der Waals surface area contributed by atoms with Crippen LogP contribution in [0.15, 0.2) is 117 Å². The highest BCUT2D eigenvalue weighted by molar-refractivity contribution is 7.94. The highest BCUT2D eigenvalue weighted by Crippen LogP contribution is 2.39. The van der Waals surface area contributed by atoms with E-state index in [0.717, 1.165) is 67.3 Å². The van der Waals surface area contributed by atoms with Gasteiger partial charge in [-0.15, -0.1) is 0 Å². The monoisotopic (exact) mass is 644 g/mol. The summed E-state index contributed by atoms with van der Waals surface area (Å²) in [7, 11) is -3.96. The van der Waals surface area contributed by atoms with Crippen molar-refractivity contribution in [2.24, 2.45) is 0 Å². The maximum atomic E-state index is 12.2. The van der Waals surface area contributed by atoms with Gasteiger partial charge in [0, 0.05) is 22.3 Å². The Morgan fingerprint density at radius 1 is 0.476 bits per heavy atom. The summed E-state index contributed by atoms with van der Waals surface area (Å²) >= 11 is 2.14. The minimum atomic E-state index is -3.41. The Balaban J connectivity index is 2.00. The van der Waals surface area contributed by atoms with Gasteiger partial charge in [0.2, 0.25) is 0 Å². The van der Waals surface area contributed by atoms with Gasteiger partial charge in [-0.2, -0.15) is 8.67 Å². The predicted octanol–water partition coefficient (Wildman–Crippen LogP) is 6.67. The zero-order valence-electron chi connectivity index (χ0n) is 23.1. The van der Waals surface area contributed by atoms with Crippen LogP contribution in [-0.4, -0.2) is 43.6 Å². The number of rotatable bonds is 12. The van der Waals surface area contributed by atoms with E-state index in [2.05, 4.69) is 0 Å². The maximum absolute atomic E-state index is 12.2. The average Bonchev–Trinajstić information content (AvgIpc) is 2.98. The first kappa shape index (κ1) is 32.0. The molecule has 0 amide bonds. The molecule has 0 aliphatic carbocycles. The van der Waals surface area contributed by atoms with E-state index in [-0.39, 0.29) is 9.79 Å². The fourth-order valence-electron chi connectivity index (χ4n) is 4.15. The van der Waals surface area contributed by atoms with Gasteiger partial charge in [-0.3, -0.25) is 0 Å². The van der Waals surface area contributed by atoms with Crippen molar-refractivity contribution in [2.45, 2.75) is 19.6 Å². The summed E-state index contributed by atoms with van der Waals surface area (Å²) < 4.78 is 58.8. The summed E-state index contributed by atoms with van der Waals surface area (Å²) in [6.45, 7) is 0. The zero-order valence-corrected chi connectivity index (χ0v) is 26.4. The molecule has 0 aromatic heterocycles. The minimum Gasteiger partial charge on any atom is -0.227 e. The van der Waals surface area contributed by atoms with Crippen molar-refractivity contribution in [3.05, 3.63) is 119 Å². The molecule has 0 saturated heterocycles. The highest BCUT2D eigenvalue weighted by Gasteiger charge is 2.19. The van der Waals surface area contributed by atoms with Crippen LogP contribution >= 0.6 is 24.1 Å². The van der Waals surface area contributed by atoms with Crippen molar-refractivity contribution in [1.29, 1.82) is 0 Å². The van der Waals surface area contributed by atoms with Crippen LogP contribution in [0.4, 0.5) is 0 Å². The van der Waals surface area contributed by atoms with Crippen molar-refractivity contribution in [2.75, 3.05) is 26.7 Å². The third-order valence-electron chi connectivity index (χ3n) is 6.07. The minimum absolute atomic E-state index is 0.202. The Bertz CT molecular complexity index is 1610. The average molecular weight is 645 g/mol. The van der Waals surface area contributed by atoms with Crippen LogP contribution in [0, 0.1) is 0 Å². The lowest BCUT2D eigenvalue weighted by molar-refractivity contribution is -0.160. The quantitative estimate of drug-likeness (QED) is 0.0719. The third kappa shape index (κ3) is 8.12. The second-order valence-corrected chi connectivity index (χ2v) is 14.6. The molecular weight excluding hydrogens is 617 g/mol. The summed E-state index contributed by atoms with van der Waals surface area (Å²) in [6.07, 6.45) is 2.33. The van der Waals surface area contributed by atoms with Crippen LogP contribution in [0.3, 0.4) is 0 Å². The predicted molar refractivity (Wildman–Crippen MR) is 165 cm³/mol. The topological polar surface area (TPSA) is 105 Å². The lowest BCUT2D eigenvalue weighted by atomic mass is 9.86. The first-order valence-electron chi connectivity index (χ1n) is 12.3. The van der Waals surface area contributed by atoms with Gasteiger partial charge in [0.1, 0.15) is 0 Å². The first-order chi connectivity index (χ1) is 20.0. The normalized spacial score (nSPS) is 12.7. The molecule has 0 N–H and O–H groups in total. The molecule has 4 aromatic rings. The summed E-state index contributed by atoms with van der Waals surface area (Å²) in [4.78, 5) is 11.4. The van der Waals surface area contributed by atoms with Crippen LogP contribution in [0.2, 0.25) is 0 Å². The molecule has 0 unspecified atom stereocenters. The molecule has 0 aliphatic rings. The molecule has 0 radical (unpaired) electrons. The van der Waals surface area contributed by atoms with Crippen molar-refractivity contribution in [3.63, 3.8) is 0 Å². The van der Waals surface area contributed by atoms with E-state index in [1.165, 1.54) is 26.7 Å². The summed E-state index contributed by atoms with van der Waals surface area (Å²) in [5.74, 6) is 0. The molecule has 0 atom stereocenters. The van der Waals surface area contributed by atoms with Crippen LogP contribution in [-0.2, 0) is 38.1 Å². The van der Waals surface area contributed by atoms with Crippen molar-refractivity contribution >= 4 is 54.9 Å². The first-order valence-corrected chi connectivity index (χ1v) is 17.6. The molecule has 0 fully saturated rings. The lowest BCUT2D eigenvalue weighted by Crippen LogP contribution is -2.01. The van der Waals surface area contributed by atoms with Gasteiger partial charge < -0.3 is 0 Å². The molecule has 8 nitrogen and oxygen atoms in total. The SMILES string of the molecule is COOSc1ccc(C(=C(c2ccc(SOOC)cc2)c2ccc(S(C)(=O)=O)cc2)c2ccc(S(C)(=O)=O)cc2)cc1. The smallest absolute Gasteiger partial charge is 0.175 e. The van der Waals surface area contributed by atoms with Crippen molar-refractivity contribution < 1.29 is 35.3 Å². The highest BCUT2D eigenvalue weighted by atomic mass is 32.2. The van der Waals surface area contributed by atoms with E-state index in [1.807, 2.05) is 48.5 Å². The second-order valence-electron chi connectivity index (χ2n) is 9.03. The van der Waals surface area contributed by atoms with E-state index in [4.69, 9.17) is 18.4 Å². The molecule has 0 saturated carbocycles. The van der Waals surface area contributed by atoms with Crippen LogP contribution < -0.4 is 0 Å². The fraction of sp³-hybridized carbons (Fsp3) is 0.133. The molecule has 220 valence electrons. The molecule has 4 aromatic carbocycles. The number of hydrogen-bond acceptors (Lipinski definition) is 10. The Hall–Kier alpha value is -2.94. The molecule has 12 heteroatoms. The standard InChI is InChI=1S/C30H28O8S4/c1-35-37-39-25-13-5-21(6-14-25)29(23-9-17-27(18-10-23)41(3,31)32)30(22-7-15-26(16-8-22)40-38-36-2)24-11-19-28(20-12-24)42(4,33)34/h5-20H,1-4H3. The fourth-order valence-corrected chi connectivity index (χ4v) is 6.20. The largest absolute Gasteiger partial charge is 0.227 e. The van der Waals surface area contributed by atoms with E-state index < -0.39 is 19.7 Å². The second kappa shape index (κ2) is 14.0. The third-order valence-corrected chi connectivity index (χ3v) is 9.67. The van der Waals surface area contributed by atoms with E-state index >= 15 is 0 Å². The van der Waals surface area contributed by atoms with Crippen LogP contribution in [0.5, 0.6) is 0 Å². The Labute approximate surface area is 254 Å². The summed E-state index contributed by atoms with van der Waals surface area (Å²) in [5, 5.41) is 0. The van der Waals surface area contributed by atoms with Gasteiger partial charge >= 0.3 is 0 Å². The Kier molecular flexibility index (Phi) is 10.7. The van der Waals surface area contributed by atoms with Crippen molar-refractivity contribution in [3.8, 4) is 0 Å². The van der Waals surface area contributed by atoms with Gasteiger partial charge in [0.05, 0.1) is 48.1 Å². The van der Waals surface area contributed by atoms with Gasteiger partial charge in [-0.25, -0.2) is 26.6 Å². The Morgan fingerprint density at radius 2 is 0.738 bits per heavy atom.